The summed E-state index contributed by atoms with van der Waals surface area (Å²) in [6, 6.07) is 0. The predicted molar refractivity (Wildman–Crippen MR) is 74.1 cm³/mol. The minimum absolute atomic E-state index is 0.0845. The van der Waals surface area contributed by atoms with Crippen molar-refractivity contribution in [1.82, 2.24) is 5.32 Å². The third-order valence-corrected chi connectivity index (χ3v) is 3.72. The fraction of sp³-hybridized carbons (Fsp3) is 1.00. The molecule has 1 aliphatic heterocycles. The van der Waals surface area contributed by atoms with E-state index in [4.69, 9.17) is 0 Å². The summed E-state index contributed by atoms with van der Waals surface area (Å²) in [6.07, 6.45) is 6.86. The predicted octanol–water partition coefficient (Wildman–Crippen LogP) is 3.04. The lowest BCUT2D eigenvalue weighted by Gasteiger charge is -2.44. The smallest absolute Gasteiger partial charge is 0.0930 e. The summed E-state index contributed by atoms with van der Waals surface area (Å²) in [4.78, 5) is 0. The molecule has 2 rings (SSSR count). The fourth-order valence-corrected chi connectivity index (χ4v) is 3.33. The van der Waals surface area contributed by atoms with Crippen molar-refractivity contribution < 1.29 is 10.2 Å². The molecule has 1 saturated heterocycles. The second-order valence-electron chi connectivity index (χ2n) is 7.21. The maximum atomic E-state index is 10.5. The second kappa shape index (κ2) is 6.36. The van der Waals surface area contributed by atoms with Crippen molar-refractivity contribution in [3.8, 4) is 0 Å². The lowest BCUT2D eigenvalue weighted by molar-refractivity contribution is 0.0396. The zero-order valence-electron chi connectivity index (χ0n) is 12.5. The summed E-state index contributed by atoms with van der Waals surface area (Å²) < 4.78 is 0. The zero-order valence-corrected chi connectivity index (χ0v) is 12.5. The van der Waals surface area contributed by atoms with Gasteiger partial charge < -0.3 is 10.4 Å². The molecule has 2 fully saturated rings. The molecule has 1 aliphatic carbocycles. The van der Waals surface area contributed by atoms with Gasteiger partial charge >= 0.3 is 0 Å². The standard InChI is InChI=1S/C9H19NO.C6H11O/c1-8(2)5-7(11)6-9(3,4)10-8;7-6-4-2-1-3-5-6/h7,10-11H,5-6H2,1-4H3;6H,1-5H2. The molecular weight excluding hydrogens is 226 g/mol. The first kappa shape index (κ1) is 15.9. The van der Waals surface area contributed by atoms with Crippen molar-refractivity contribution >= 4 is 0 Å². The normalized spacial score (nSPS) is 28.3. The molecule has 1 heterocycles. The van der Waals surface area contributed by atoms with E-state index < -0.39 is 0 Å². The first-order chi connectivity index (χ1) is 8.20. The maximum absolute atomic E-state index is 10.5. The molecule has 18 heavy (non-hydrogen) atoms. The highest BCUT2D eigenvalue weighted by atomic mass is 16.3. The van der Waals surface area contributed by atoms with E-state index in [1.54, 1.807) is 0 Å². The van der Waals surface area contributed by atoms with Crippen molar-refractivity contribution in [1.29, 1.82) is 0 Å². The van der Waals surface area contributed by atoms with Crippen LogP contribution in [0.4, 0.5) is 0 Å². The summed E-state index contributed by atoms with van der Waals surface area (Å²) in [5.74, 6) is 0. The minimum atomic E-state index is -0.214. The molecule has 0 aromatic rings. The number of aliphatic hydroxyl groups is 1. The molecule has 2 aliphatic rings. The molecule has 0 aromatic carbocycles. The van der Waals surface area contributed by atoms with E-state index in [1.807, 2.05) is 0 Å². The van der Waals surface area contributed by atoms with Gasteiger partial charge in [-0.05, 0) is 53.4 Å². The summed E-state index contributed by atoms with van der Waals surface area (Å²) >= 11 is 0. The molecular formula is C15H30NO2. The minimum Gasteiger partial charge on any atom is -0.393 e. The highest BCUT2D eigenvalue weighted by Gasteiger charge is 2.36. The summed E-state index contributed by atoms with van der Waals surface area (Å²) in [5, 5.41) is 23.6. The number of nitrogens with one attached hydrogen (secondary N) is 1. The van der Waals surface area contributed by atoms with Gasteiger partial charge in [0.1, 0.15) is 0 Å². The Morgan fingerprint density at radius 3 is 1.67 bits per heavy atom. The van der Waals surface area contributed by atoms with Crippen LogP contribution in [0.2, 0.25) is 0 Å². The number of hydrogen-bond donors (Lipinski definition) is 2. The molecule has 0 amide bonds. The van der Waals surface area contributed by atoms with Crippen molar-refractivity contribution in [2.24, 2.45) is 0 Å². The highest BCUT2D eigenvalue weighted by molar-refractivity contribution is 4.96. The van der Waals surface area contributed by atoms with Gasteiger partial charge in [-0.3, -0.25) is 0 Å². The van der Waals surface area contributed by atoms with Gasteiger partial charge in [0.2, 0.25) is 0 Å². The van der Waals surface area contributed by atoms with Crippen molar-refractivity contribution in [3.05, 3.63) is 0 Å². The van der Waals surface area contributed by atoms with Crippen LogP contribution in [0.25, 0.3) is 0 Å². The van der Waals surface area contributed by atoms with Crippen LogP contribution in [0.1, 0.15) is 72.6 Å². The monoisotopic (exact) mass is 256 g/mol. The average Bonchev–Trinajstić information content (AvgIpc) is 2.13. The number of rotatable bonds is 0. The number of aliphatic hydroxyl groups excluding tert-OH is 1. The Kier molecular flexibility index (Phi) is 5.63. The molecule has 2 N–H and O–H groups in total. The molecule has 0 bridgehead atoms. The van der Waals surface area contributed by atoms with Gasteiger partial charge in [0, 0.05) is 11.1 Å². The lowest BCUT2D eigenvalue weighted by atomic mass is 9.81. The number of piperidine rings is 1. The van der Waals surface area contributed by atoms with Crippen LogP contribution >= 0.6 is 0 Å². The van der Waals surface area contributed by atoms with E-state index in [-0.39, 0.29) is 23.3 Å². The van der Waals surface area contributed by atoms with Crippen LogP contribution in [0, 0.1) is 0 Å². The molecule has 1 radical (unpaired) electrons. The maximum Gasteiger partial charge on any atom is 0.0930 e. The van der Waals surface area contributed by atoms with Gasteiger partial charge in [-0.25, -0.2) is 5.11 Å². The van der Waals surface area contributed by atoms with Gasteiger partial charge in [0.25, 0.3) is 0 Å². The average molecular weight is 256 g/mol. The molecule has 1 saturated carbocycles. The van der Waals surface area contributed by atoms with Crippen molar-refractivity contribution in [2.45, 2.75) is 95.9 Å². The van der Waals surface area contributed by atoms with E-state index in [9.17, 15) is 10.2 Å². The molecule has 3 nitrogen and oxygen atoms in total. The molecule has 107 valence electrons. The van der Waals surface area contributed by atoms with E-state index in [2.05, 4.69) is 33.0 Å². The van der Waals surface area contributed by atoms with Crippen LogP contribution in [0.5, 0.6) is 0 Å². The Hall–Kier alpha value is -0.120. The Bertz CT molecular complexity index is 229. The van der Waals surface area contributed by atoms with Crippen LogP contribution in [-0.4, -0.2) is 28.4 Å². The third-order valence-electron chi connectivity index (χ3n) is 3.72. The Balaban J connectivity index is 0.000000199. The SMILES string of the molecule is CC1(C)CC(O)CC(C)(C)N1.[O]C1CCCCC1. The topological polar surface area (TPSA) is 52.2 Å². The lowest BCUT2D eigenvalue weighted by Crippen LogP contribution is -2.59. The summed E-state index contributed by atoms with van der Waals surface area (Å²) in [5.41, 5.74) is 0.169. The van der Waals surface area contributed by atoms with Crippen LogP contribution in [0.3, 0.4) is 0 Å². The van der Waals surface area contributed by atoms with Crippen molar-refractivity contribution in [2.75, 3.05) is 0 Å². The Morgan fingerprint density at radius 2 is 1.39 bits per heavy atom. The molecule has 0 atom stereocenters. The van der Waals surface area contributed by atoms with E-state index in [0.29, 0.717) is 0 Å². The highest BCUT2D eigenvalue weighted by Crippen LogP contribution is 2.28. The van der Waals surface area contributed by atoms with Gasteiger partial charge in [-0.1, -0.05) is 19.3 Å². The third kappa shape index (κ3) is 6.17. The van der Waals surface area contributed by atoms with E-state index >= 15 is 0 Å². The van der Waals surface area contributed by atoms with E-state index in [0.717, 1.165) is 25.7 Å². The van der Waals surface area contributed by atoms with Crippen molar-refractivity contribution in [3.63, 3.8) is 0 Å². The summed E-state index contributed by atoms with van der Waals surface area (Å²) in [7, 11) is 0. The Labute approximate surface area is 112 Å². The van der Waals surface area contributed by atoms with Crippen LogP contribution in [0.15, 0.2) is 0 Å². The van der Waals surface area contributed by atoms with Crippen LogP contribution in [-0.2, 0) is 5.11 Å². The first-order valence-corrected chi connectivity index (χ1v) is 7.33. The fourth-order valence-electron chi connectivity index (χ4n) is 3.33. The molecule has 0 spiro atoms. The quantitative estimate of drug-likeness (QED) is 0.700. The first-order valence-electron chi connectivity index (χ1n) is 7.33. The second-order valence-corrected chi connectivity index (χ2v) is 7.21. The molecule has 3 heteroatoms. The molecule has 0 aromatic heterocycles. The number of hydrogen-bond acceptors (Lipinski definition) is 2. The van der Waals surface area contributed by atoms with Gasteiger partial charge in [-0.15, -0.1) is 0 Å². The largest absolute Gasteiger partial charge is 0.393 e. The van der Waals surface area contributed by atoms with Gasteiger partial charge in [-0.2, -0.15) is 0 Å². The van der Waals surface area contributed by atoms with Gasteiger partial charge in [0.15, 0.2) is 0 Å². The van der Waals surface area contributed by atoms with Gasteiger partial charge in [0.05, 0.1) is 12.2 Å². The molecule has 0 unspecified atom stereocenters. The van der Waals surface area contributed by atoms with E-state index in [1.165, 1.54) is 19.3 Å². The summed E-state index contributed by atoms with van der Waals surface area (Å²) in [6.45, 7) is 8.54. The van der Waals surface area contributed by atoms with Crippen LogP contribution < -0.4 is 5.32 Å². The zero-order chi connectivity index (χ0) is 13.8. The Morgan fingerprint density at radius 1 is 0.944 bits per heavy atom.